The number of hydrogen-bond donors (Lipinski definition) is 2. The predicted octanol–water partition coefficient (Wildman–Crippen LogP) is 0.838. The largest absolute Gasteiger partial charge is 0.372 e. The van der Waals surface area contributed by atoms with Gasteiger partial charge in [-0.25, -0.2) is 17.9 Å². The molecule has 0 heterocycles. The number of benzene rings is 1. The number of carbonyl (C=O) groups is 1. The predicted molar refractivity (Wildman–Crippen MR) is 67.5 cm³/mol. The zero-order valence-electron chi connectivity index (χ0n) is 10.3. The lowest BCUT2D eigenvalue weighted by Gasteiger charge is -2.07. The van der Waals surface area contributed by atoms with Gasteiger partial charge in [0, 0.05) is 12.3 Å². The maximum absolute atomic E-state index is 13.5. The van der Waals surface area contributed by atoms with E-state index in [-0.39, 0.29) is 12.3 Å². The number of hydrogen-bond acceptors (Lipinski definition) is 4. The number of sulfonamides is 1. The van der Waals surface area contributed by atoms with Crippen LogP contribution >= 0.6 is 0 Å². The SMILES string of the molecule is CCCOCC(=O)Nc1ccc(S(N)(=O)=O)c(F)c1. The zero-order chi connectivity index (χ0) is 14.5. The molecule has 0 radical (unpaired) electrons. The summed E-state index contributed by atoms with van der Waals surface area (Å²) in [6.07, 6.45) is 0.783. The highest BCUT2D eigenvalue weighted by Crippen LogP contribution is 2.17. The minimum absolute atomic E-state index is 0.134. The highest BCUT2D eigenvalue weighted by atomic mass is 32.2. The van der Waals surface area contributed by atoms with Gasteiger partial charge in [-0.05, 0) is 24.6 Å². The molecule has 0 aliphatic rings. The van der Waals surface area contributed by atoms with Gasteiger partial charge in [0.1, 0.15) is 17.3 Å². The Kier molecular flexibility index (Phi) is 5.40. The van der Waals surface area contributed by atoms with Crippen molar-refractivity contribution in [2.45, 2.75) is 18.2 Å². The molecule has 0 unspecified atom stereocenters. The number of nitrogens with one attached hydrogen (secondary N) is 1. The summed E-state index contributed by atoms with van der Waals surface area (Å²) in [5.74, 6) is -1.47. The number of anilines is 1. The molecule has 0 saturated heterocycles. The van der Waals surface area contributed by atoms with E-state index in [1.165, 1.54) is 6.07 Å². The van der Waals surface area contributed by atoms with Crippen LogP contribution in [0.2, 0.25) is 0 Å². The molecule has 6 nitrogen and oxygen atoms in total. The number of carbonyl (C=O) groups excluding carboxylic acids is 1. The average Bonchev–Trinajstić information content (AvgIpc) is 2.27. The number of halogens is 1. The molecule has 19 heavy (non-hydrogen) atoms. The molecule has 3 N–H and O–H groups in total. The van der Waals surface area contributed by atoms with Crippen LogP contribution in [-0.4, -0.2) is 27.5 Å². The first-order valence-electron chi connectivity index (χ1n) is 5.54. The van der Waals surface area contributed by atoms with Gasteiger partial charge in [-0.1, -0.05) is 6.92 Å². The minimum atomic E-state index is -4.11. The summed E-state index contributed by atoms with van der Waals surface area (Å²) in [5.41, 5.74) is 0.134. The van der Waals surface area contributed by atoms with Crippen LogP contribution in [0.25, 0.3) is 0 Å². The Balaban J connectivity index is 2.72. The smallest absolute Gasteiger partial charge is 0.250 e. The Hall–Kier alpha value is -1.51. The molecule has 1 rings (SSSR count). The lowest BCUT2D eigenvalue weighted by Crippen LogP contribution is -2.19. The van der Waals surface area contributed by atoms with Gasteiger partial charge in [0.15, 0.2) is 0 Å². The van der Waals surface area contributed by atoms with E-state index in [1.54, 1.807) is 0 Å². The second-order valence-electron chi connectivity index (χ2n) is 3.79. The normalized spacial score (nSPS) is 11.3. The molecule has 0 aromatic heterocycles. The van der Waals surface area contributed by atoms with E-state index >= 15 is 0 Å². The van der Waals surface area contributed by atoms with Crippen molar-refractivity contribution in [3.63, 3.8) is 0 Å². The van der Waals surface area contributed by atoms with Gasteiger partial charge in [0.2, 0.25) is 15.9 Å². The number of amides is 1. The highest BCUT2D eigenvalue weighted by molar-refractivity contribution is 7.89. The van der Waals surface area contributed by atoms with Gasteiger partial charge in [-0.2, -0.15) is 0 Å². The number of ether oxygens (including phenoxy) is 1. The Bertz CT molecular complexity index is 560. The van der Waals surface area contributed by atoms with Gasteiger partial charge in [-0.3, -0.25) is 4.79 Å². The monoisotopic (exact) mass is 290 g/mol. The van der Waals surface area contributed by atoms with Crippen LogP contribution in [0.5, 0.6) is 0 Å². The molecule has 0 aliphatic carbocycles. The van der Waals surface area contributed by atoms with Crippen molar-refractivity contribution in [3.05, 3.63) is 24.0 Å². The van der Waals surface area contributed by atoms with E-state index in [4.69, 9.17) is 9.88 Å². The van der Waals surface area contributed by atoms with E-state index in [0.717, 1.165) is 18.6 Å². The maximum atomic E-state index is 13.5. The van der Waals surface area contributed by atoms with Crippen molar-refractivity contribution < 1.29 is 22.3 Å². The second kappa shape index (κ2) is 6.60. The van der Waals surface area contributed by atoms with Gasteiger partial charge in [-0.15, -0.1) is 0 Å². The molecular formula is C11H15FN2O4S. The minimum Gasteiger partial charge on any atom is -0.372 e. The third-order valence-electron chi connectivity index (χ3n) is 2.10. The summed E-state index contributed by atoms with van der Waals surface area (Å²) in [6, 6.07) is 3.13. The van der Waals surface area contributed by atoms with Crippen molar-refractivity contribution in [1.29, 1.82) is 0 Å². The van der Waals surface area contributed by atoms with E-state index < -0.39 is 26.6 Å². The molecule has 0 aliphatic heterocycles. The van der Waals surface area contributed by atoms with Crippen molar-refractivity contribution in [2.24, 2.45) is 5.14 Å². The molecular weight excluding hydrogens is 275 g/mol. The van der Waals surface area contributed by atoms with E-state index in [2.05, 4.69) is 5.32 Å². The Morgan fingerprint density at radius 2 is 2.16 bits per heavy atom. The zero-order valence-corrected chi connectivity index (χ0v) is 11.2. The van der Waals surface area contributed by atoms with Crippen LogP contribution in [0, 0.1) is 5.82 Å². The fourth-order valence-electron chi connectivity index (χ4n) is 1.32. The Labute approximate surface area is 110 Å². The first-order chi connectivity index (χ1) is 8.84. The van der Waals surface area contributed by atoms with Crippen LogP contribution in [0.15, 0.2) is 23.1 Å². The molecule has 0 atom stereocenters. The first kappa shape index (κ1) is 15.5. The highest BCUT2D eigenvalue weighted by Gasteiger charge is 2.15. The van der Waals surface area contributed by atoms with Crippen LogP contribution in [-0.2, 0) is 19.6 Å². The third kappa shape index (κ3) is 4.93. The fourth-order valence-corrected chi connectivity index (χ4v) is 1.90. The molecule has 0 fully saturated rings. The molecule has 106 valence electrons. The molecule has 0 bridgehead atoms. The maximum Gasteiger partial charge on any atom is 0.250 e. The van der Waals surface area contributed by atoms with E-state index in [9.17, 15) is 17.6 Å². The lowest BCUT2D eigenvalue weighted by atomic mass is 10.3. The molecule has 0 saturated carbocycles. The van der Waals surface area contributed by atoms with Crippen LogP contribution < -0.4 is 10.5 Å². The standard InChI is InChI=1S/C11H15FN2O4S/c1-2-5-18-7-11(15)14-8-3-4-10(9(12)6-8)19(13,16)17/h3-4,6H,2,5,7H2,1H3,(H,14,15)(H2,13,16,17). The van der Waals surface area contributed by atoms with Crippen LogP contribution in [0.4, 0.5) is 10.1 Å². The quantitative estimate of drug-likeness (QED) is 0.758. The summed E-state index contributed by atoms with van der Waals surface area (Å²) in [6.45, 7) is 2.21. The van der Waals surface area contributed by atoms with E-state index in [1.807, 2.05) is 6.92 Å². The third-order valence-corrected chi connectivity index (χ3v) is 3.05. The summed E-state index contributed by atoms with van der Waals surface area (Å²) in [4.78, 5) is 10.8. The topological polar surface area (TPSA) is 98.5 Å². The Morgan fingerprint density at radius 1 is 1.47 bits per heavy atom. The number of nitrogens with two attached hydrogens (primary N) is 1. The summed E-state index contributed by atoms with van der Waals surface area (Å²) in [7, 11) is -4.11. The van der Waals surface area contributed by atoms with Gasteiger partial charge < -0.3 is 10.1 Å². The van der Waals surface area contributed by atoms with Crippen molar-refractivity contribution in [1.82, 2.24) is 0 Å². The van der Waals surface area contributed by atoms with Gasteiger partial charge >= 0.3 is 0 Å². The summed E-state index contributed by atoms with van der Waals surface area (Å²) >= 11 is 0. The van der Waals surface area contributed by atoms with E-state index in [0.29, 0.717) is 6.61 Å². The van der Waals surface area contributed by atoms with Gasteiger partial charge in [0.25, 0.3) is 0 Å². The second-order valence-corrected chi connectivity index (χ2v) is 5.32. The molecule has 1 amide bonds. The van der Waals surface area contributed by atoms with Crippen molar-refractivity contribution in [3.8, 4) is 0 Å². The van der Waals surface area contributed by atoms with Crippen molar-refractivity contribution >= 4 is 21.6 Å². The average molecular weight is 290 g/mol. The lowest BCUT2D eigenvalue weighted by molar-refractivity contribution is -0.120. The summed E-state index contributed by atoms with van der Waals surface area (Å²) in [5, 5.41) is 7.20. The molecule has 0 spiro atoms. The summed E-state index contributed by atoms with van der Waals surface area (Å²) < 4.78 is 40.4. The first-order valence-corrected chi connectivity index (χ1v) is 7.09. The van der Waals surface area contributed by atoms with Gasteiger partial charge in [0.05, 0.1) is 0 Å². The van der Waals surface area contributed by atoms with Crippen molar-refractivity contribution in [2.75, 3.05) is 18.5 Å². The molecule has 1 aromatic carbocycles. The molecule has 8 heteroatoms. The van der Waals surface area contributed by atoms with Crippen LogP contribution in [0.3, 0.4) is 0 Å². The fraction of sp³-hybridized carbons (Fsp3) is 0.364. The van der Waals surface area contributed by atoms with Crippen LogP contribution in [0.1, 0.15) is 13.3 Å². The number of rotatable bonds is 6. The Morgan fingerprint density at radius 3 is 2.68 bits per heavy atom. The molecule has 1 aromatic rings. The number of primary sulfonamides is 1.